The van der Waals surface area contributed by atoms with Crippen molar-refractivity contribution in [2.45, 2.75) is 57.5 Å². The van der Waals surface area contributed by atoms with Crippen LogP contribution in [0.15, 0.2) is 48.8 Å². The van der Waals surface area contributed by atoms with Crippen molar-refractivity contribution in [2.75, 3.05) is 6.54 Å². The Kier molecular flexibility index (Phi) is 6.14. The summed E-state index contributed by atoms with van der Waals surface area (Å²) in [6, 6.07) is 11.4. The molecule has 6 heteroatoms. The minimum Gasteiger partial charge on any atom is -0.439 e. The SMILES string of the molecule is Clc1ccc(Oc2ncccc2CN2CCc3nc(C4CCCCC4)ncc3C2)cc1. The molecule has 2 aliphatic rings. The first-order valence-electron chi connectivity index (χ1n) is 11.2. The van der Waals surface area contributed by atoms with Gasteiger partial charge in [-0.25, -0.2) is 15.0 Å². The van der Waals surface area contributed by atoms with Gasteiger partial charge in [0.2, 0.25) is 5.88 Å². The molecule has 2 aromatic heterocycles. The van der Waals surface area contributed by atoms with E-state index in [1.807, 2.05) is 30.3 Å². The molecule has 5 rings (SSSR count). The molecule has 1 aromatic carbocycles. The number of pyridine rings is 1. The average Bonchev–Trinajstić information content (AvgIpc) is 2.82. The summed E-state index contributed by atoms with van der Waals surface area (Å²) in [6.07, 6.45) is 11.2. The second kappa shape index (κ2) is 9.33. The van der Waals surface area contributed by atoms with E-state index in [0.717, 1.165) is 43.2 Å². The molecule has 1 saturated carbocycles. The van der Waals surface area contributed by atoms with Crippen LogP contribution in [0.1, 0.15) is 60.7 Å². The van der Waals surface area contributed by atoms with E-state index in [2.05, 4.69) is 22.1 Å². The fourth-order valence-corrected chi connectivity index (χ4v) is 4.70. The van der Waals surface area contributed by atoms with Gasteiger partial charge in [-0.2, -0.15) is 0 Å². The number of rotatable bonds is 5. The number of fused-ring (bicyclic) bond motifs is 1. The van der Waals surface area contributed by atoms with Gasteiger partial charge in [-0.15, -0.1) is 0 Å². The van der Waals surface area contributed by atoms with Crippen molar-refractivity contribution in [1.29, 1.82) is 0 Å². The molecular formula is C25H27ClN4O. The molecule has 5 nitrogen and oxygen atoms in total. The molecular weight excluding hydrogens is 408 g/mol. The van der Waals surface area contributed by atoms with Crippen LogP contribution in [0.2, 0.25) is 5.02 Å². The fraction of sp³-hybridized carbons (Fsp3) is 0.400. The van der Waals surface area contributed by atoms with Gasteiger partial charge in [0.25, 0.3) is 0 Å². The van der Waals surface area contributed by atoms with E-state index in [0.29, 0.717) is 16.8 Å². The van der Waals surface area contributed by atoms with Crippen molar-refractivity contribution in [3.05, 3.63) is 76.5 Å². The first-order chi connectivity index (χ1) is 15.2. The summed E-state index contributed by atoms with van der Waals surface area (Å²) < 4.78 is 6.04. The van der Waals surface area contributed by atoms with Crippen LogP contribution in [0.4, 0.5) is 0 Å². The van der Waals surface area contributed by atoms with Crippen LogP contribution in [0.3, 0.4) is 0 Å². The lowest BCUT2D eigenvalue weighted by Gasteiger charge is -2.29. The highest BCUT2D eigenvalue weighted by atomic mass is 35.5. The smallest absolute Gasteiger partial charge is 0.223 e. The van der Waals surface area contributed by atoms with Crippen molar-refractivity contribution < 1.29 is 4.74 Å². The van der Waals surface area contributed by atoms with E-state index in [4.69, 9.17) is 26.3 Å². The Labute approximate surface area is 188 Å². The standard InChI is InChI=1S/C25H27ClN4O/c26-21-8-10-22(11-9-21)31-25-19(7-4-13-27-25)16-30-14-12-23-20(17-30)15-28-24(29-23)18-5-2-1-3-6-18/h4,7-11,13,15,18H,1-3,5-6,12,14,16-17H2. The van der Waals surface area contributed by atoms with Crippen LogP contribution in [-0.4, -0.2) is 26.4 Å². The quantitative estimate of drug-likeness (QED) is 0.498. The minimum absolute atomic E-state index is 0.556. The Morgan fingerprint density at radius 2 is 1.87 bits per heavy atom. The third kappa shape index (κ3) is 4.89. The summed E-state index contributed by atoms with van der Waals surface area (Å²) >= 11 is 5.98. The Balaban J connectivity index is 1.27. The molecule has 0 spiro atoms. The summed E-state index contributed by atoms with van der Waals surface area (Å²) in [5, 5.41) is 0.689. The molecule has 160 valence electrons. The van der Waals surface area contributed by atoms with Crippen LogP contribution < -0.4 is 4.74 Å². The van der Waals surface area contributed by atoms with Crippen molar-refractivity contribution in [1.82, 2.24) is 19.9 Å². The number of aromatic nitrogens is 3. The van der Waals surface area contributed by atoms with Crippen LogP contribution >= 0.6 is 11.6 Å². The molecule has 0 unspecified atom stereocenters. The van der Waals surface area contributed by atoms with Gasteiger partial charge in [0.05, 0.1) is 0 Å². The number of ether oxygens (including phenoxy) is 1. The number of nitrogens with zero attached hydrogens (tertiary/aromatic N) is 4. The Hall–Kier alpha value is -2.50. The number of hydrogen-bond donors (Lipinski definition) is 0. The molecule has 0 N–H and O–H groups in total. The van der Waals surface area contributed by atoms with Crippen molar-refractivity contribution in [3.8, 4) is 11.6 Å². The topological polar surface area (TPSA) is 51.1 Å². The molecule has 3 heterocycles. The van der Waals surface area contributed by atoms with Crippen LogP contribution in [0.25, 0.3) is 0 Å². The zero-order valence-electron chi connectivity index (χ0n) is 17.6. The van der Waals surface area contributed by atoms with Gasteiger partial charge in [0, 0.05) is 66.2 Å². The van der Waals surface area contributed by atoms with Gasteiger partial charge in [-0.1, -0.05) is 36.9 Å². The lowest BCUT2D eigenvalue weighted by molar-refractivity contribution is 0.239. The number of benzene rings is 1. The molecule has 0 atom stereocenters. The minimum atomic E-state index is 0.556. The summed E-state index contributed by atoms with van der Waals surface area (Å²) in [6.45, 7) is 2.61. The van der Waals surface area contributed by atoms with E-state index in [9.17, 15) is 0 Å². The van der Waals surface area contributed by atoms with Gasteiger partial charge in [-0.05, 0) is 43.2 Å². The zero-order valence-corrected chi connectivity index (χ0v) is 18.4. The molecule has 1 aliphatic heterocycles. The normalized spacial score (nSPS) is 17.3. The van der Waals surface area contributed by atoms with Crippen LogP contribution in [0.5, 0.6) is 11.6 Å². The largest absolute Gasteiger partial charge is 0.439 e. The van der Waals surface area contributed by atoms with Crippen molar-refractivity contribution in [2.24, 2.45) is 0 Å². The zero-order chi connectivity index (χ0) is 21.0. The first-order valence-corrected chi connectivity index (χ1v) is 11.6. The third-order valence-electron chi connectivity index (χ3n) is 6.27. The Morgan fingerprint density at radius 3 is 2.71 bits per heavy atom. The molecule has 0 bridgehead atoms. The van der Waals surface area contributed by atoms with Crippen LogP contribution in [-0.2, 0) is 19.5 Å². The van der Waals surface area contributed by atoms with Crippen molar-refractivity contribution >= 4 is 11.6 Å². The maximum absolute atomic E-state index is 6.04. The molecule has 0 radical (unpaired) electrons. The van der Waals surface area contributed by atoms with E-state index < -0.39 is 0 Å². The Bertz CT molecular complexity index is 1030. The highest BCUT2D eigenvalue weighted by Gasteiger charge is 2.23. The summed E-state index contributed by atoms with van der Waals surface area (Å²) in [5.74, 6) is 2.99. The second-order valence-electron chi connectivity index (χ2n) is 8.52. The van der Waals surface area contributed by atoms with E-state index in [1.54, 1.807) is 6.20 Å². The van der Waals surface area contributed by atoms with E-state index in [1.165, 1.54) is 43.4 Å². The predicted octanol–water partition coefficient (Wildman–Crippen LogP) is 5.92. The van der Waals surface area contributed by atoms with Gasteiger partial charge in [0.15, 0.2) is 0 Å². The van der Waals surface area contributed by atoms with E-state index in [-0.39, 0.29) is 0 Å². The predicted molar refractivity (Wildman–Crippen MR) is 121 cm³/mol. The van der Waals surface area contributed by atoms with Gasteiger partial charge >= 0.3 is 0 Å². The average molecular weight is 435 g/mol. The maximum atomic E-state index is 6.04. The summed E-state index contributed by atoms with van der Waals surface area (Å²) in [5.41, 5.74) is 3.55. The van der Waals surface area contributed by atoms with Crippen LogP contribution in [0, 0.1) is 0 Å². The lowest BCUT2D eigenvalue weighted by atomic mass is 9.88. The maximum Gasteiger partial charge on any atom is 0.223 e. The summed E-state index contributed by atoms with van der Waals surface area (Å²) in [4.78, 5) is 16.6. The Morgan fingerprint density at radius 1 is 1.03 bits per heavy atom. The molecule has 1 fully saturated rings. The lowest BCUT2D eigenvalue weighted by Crippen LogP contribution is -2.31. The molecule has 0 saturated heterocycles. The highest BCUT2D eigenvalue weighted by molar-refractivity contribution is 6.30. The van der Waals surface area contributed by atoms with Gasteiger partial charge in [0.1, 0.15) is 11.6 Å². The first kappa shape index (κ1) is 20.4. The number of halogens is 1. The molecule has 31 heavy (non-hydrogen) atoms. The van der Waals surface area contributed by atoms with Gasteiger partial charge in [-0.3, -0.25) is 4.90 Å². The van der Waals surface area contributed by atoms with Gasteiger partial charge < -0.3 is 4.74 Å². The van der Waals surface area contributed by atoms with Crippen molar-refractivity contribution in [3.63, 3.8) is 0 Å². The molecule has 3 aromatic rings. The summed E-state index contributed by atoms with van der Waals surface area (Å²) in [7, 11) is 0. The molecule has 0 amide bonds. The fourth-order valence-electron chi connectivity index (χ4n) is 4.57. The second-order valence-corrected chi connectivity index (χ2v) is 8.96. The molecule has 1 aliphatic carbocycles. The number of hydrogen-bond acceptors (Lipinski definition) is 5. The highest BCUT2D eigenvalue weighted by Crippen LogP contribution is 2.32. The monoisotopic (exact) mass is 434 g/mol. The van der Waals surface area contributed by atoms with E-state index >= 15 is 0 Å². The third-order valence-corrected chi connectivity index (χ3v) is 6.53.